The molecule has 0 fully saturated rings. The standard InChI is InChI=1S/C10H14ClN5O2/c1-6(17)13-2-3-14-10(18)7-4-8(11)15-9(5-7)16-12/h4-5H,2-3,12H2,1H3,(H,13,17)(H,14,18)(H,15,16). The van der Waals surface area contributed by atoms with Gasteiger partial charge in [0.2, 0.25) is 5.91 Å². The Labute approximate surface area is 109 Å². The zero-order valence-corrected chi connectivity index (χ0v) is 10.5. The molecule has 5 N–H and O–H groups in total. The predicted octanol–water partition coefficient (Wildman–Crippen LogP) is -0.113. The van der Waals surface area contributed by atoms with Crippen molar-refractivity contribution in [1.82, 2.24) is 15.6 Å². The minimum Gasteiger partial charge on any atom is -0.355 e. The minimum absolute atomic E-state index is 0.147. The monoisotopic (exact) mass is 271 g/mol. The predicted molar refractivity (Wildman–Crippen MR) is 68.1 cm³/mol. The molecule has 0 aliphatic carbocycles. The summed E-state index contributed by atoms with van der Waals surface area (Å²) in [5.74, 6) is 5.03. The van der Waals surface area contributed by atoms with E-state index in [1.807, 2.05) is 0 Å². The van der Waals surface area contributed by atoms with Gasteiger partial charge in [0.1, 0.15) is 11.0 Å². The van der Waals surface area contributed by atoms with Gasteiger partial charge >= 0.3 is 0 Å². The fourth-order valence-electron chi connectivity index (χ4n) is 1.22. The maximum Gasteiger partial charge on any atom is 0.251 e. The average Bonchev–Trinajstić information content (AvgIpc) is 2.33. The van der Waals surface area contributed by atoms with Crippen LogP contribution in [-0.2, 0) is 4.79 Å². The van der Waals surface area contributed by atoms with Gasteiger partial charge in [-0.1, -0.05) is 11.6 Å². The number of rotatable bonds is 5. The van der Waals surface area contributed by atoms with Crippen LogP contribution >= 0.6 is 11.6 Å². The van der Waals surface area contributed by atoms with Crippen LogP contribution in [0.3, 0.4) is 0 Å². The Morgan fingerprint density at radius 1 is 1.33 bits per heavy atom. The molecule has 8 heteroatoms. The number of nitrogen functional groups attached to an aromatic ring is 1. The van der Waals surface area contributed by atoms with Crippen LogP contribution < -0.4 is 21.9 Å². The molecule has 0 saturated heterocycles. The molecule has 0 radical (unpaired) electrons. The number of halogens is 1. The van der Waals surface area contributed by atoms with Gasteiger partial charge in [-0.15, -0.1) is 0 Å². The molecule has 0 aliphatic heterocycles. The van der Waals surface area contributed by atoms with E-state index in [9.17, 15) is 9.59 Å². The summed E-state index contributed by atoms with van der Waals surface area (Å²) in [7, 11) is 0. The molecule has 0 spiro atoms. The molecule has 1 rings (SSSR count). The highest BCUT2D eigenvalue weighted by Gasteiger charge is 2.08. The Bertz CT molecular complexity index is 452. The molecule has 0 unspecified atom stereocenters. The van der Waals surface area contributed by atoms with E-state index < -0.39 is 0 Å². The molecule has 2 amide bonds. The van der Waals surface area contributed by atoms with Gasteiger partial charge in [0, 0.05) is 25.6 Å². The normalized spacial score (nSPS) is 9.72. The molecule has 1 aromatic heterocycles. The van der Waals surface area contributed by atoms with Gasteiger partial charge in [-0.25, -0.2) is 10.8 Å². The molecule has 0 saturated carbocycles. The molecule has 0 bridgehead atoms. The summed E-state index contributed by atoms with van der Waals surface area (Å²) in [6.45, 7) is 2.09. The summed E-state index contributed by atoms with van der Waals surface area (Å²) in [4.78, 5) is 26.2. The lowest BCUT2D eigenvalue weighted by atomic mass is 10.2. The number of pyridine rings is 1. The number of hydrogen-bond acceptors (Lipinski definition) is 5. The Kier molecular flexibility index (Phi) is 5.34. The maximum atomic E-state index is 11.7. The summed E-state index contributed by atoms with van der Waals surface area (Å²) in [5.41, 5.74) is 2.65. The maximum absolute atomic E-state index is 11.7. The van der Waals surface area contributed by atoms with Crippen LogP contribution in [0.15, 0.2) is 12.1 Å². The fraction of sp³-hybridized carbons (Fsp3) is 0.300. The van der Waals surface area contributed by atoms with Crippen molar-refractivity contribution in [1.29, 1.82) is 0 Å². The molecule has 0 aromatic carbocycles. The zero-order chi connectivity index (χ0) is 13.5. The van der Waals surface area contributed by atoms with Crippen molar-refractivity contribution in [2.75, 3.05) is 18.5 Å². The number of carbonyl (C=O) groups excluding carboxylic acids is 2. The highest BCUT2D eigenvalue weighted by molar-refractivity contribution is 6.29. The summed E-state index contributed by atoms with van der Waals surface area (Å²) in [6, 6.07) is 2.90. The third-order valence-electron chi connectivity index (χ3n) is 1.99. The van der Waals surface area contributed by atoms with Gasteiger partial charge in [0.25, 0.3) is 5.91 Å². The van der Waals surface area contributed by atoms with Crippen LogP contribution in [0.2, 0.25) is 5.15 Å². The number of carbonyl (C=O) groups is 2. The smallest absolute Gasteiger partial charge is 0.251 e. The number of anilines is 1. The number of nitrogens with zero attached hydrogens (tertiary/aromatic N) is 1. The largest absolute Gasteiger partial charge is 0.355 e. The summed E-state index contributed by atoms with van der Waals surface area (Å²) >= 11 is 5.73. The SMILES string of the molecule is CC(=O)NCCNC(=O)c1cc(Cl)nc(NN)c1. The first-order valence-electron chi connectivity index (χ1n) is 5.19. The summed E-state index contributed by atoms with van der Waals surface area (Å²) < 4.78 is 0. The molecule has 0 atom stereocenters. The topological polar surface area (TPSA) is 109 Å². The Balaban J connectivity index is 2.55. The zero-order valence-electron chi connectivity index (χ0n) is 9.79. The van der Waals surface area contributed by atoms with Crippen molar-refractivity contribution in [3.63, 3.8) is 0 Å². The molecule has 1 aromatic rings. The van der Waals surface area contributed by atoms with Crippen molar-refractivity contribution in [2.45, 2.75) is 6.92 Å². The van der Waals surface area contributed by atoms with Crippen LogP contribution in [0.25, 0.3) is 0 Å². The Morgan fingerprint density at radius 2 is 2.00 bits per heavy atom. The van der Waals surface area contributed by atoms with Crippen molar-refractivity contribution in [2.24, 2.45) is 5.84 Å². The molecule has 98 valence electrons. The number of amides is 2. The highest BCUT2D eigenvalue weighted by Crippen LogP contribution is 2.13. The molecule has 0 aliphatic rings. The second kappa shape index (κ2) is 6.77. The lowest BCUT2D eigenvalue weighted by molar-refractivity contribution is -0.118. The highest BCUT2D eigenvalue weighted by atomic mass is 35.5. The number of hydrazine groups is 1. The number of nitrogens with one attached hydrogen (secondary N) is 3. The van der Waals surface area contributed by atoms with Crippen molar-refractivity contribution >= 4 is 29.2 Å². The molecule has 7 nitrogen and oxygen atoms in total. The average molecular weight is 272 g/mol. The minimum atomic E-state index is -0.318. The van der Waals surface area contributed by atoms with E-state index in [1.165, 1.54) is 19.1 Å². The first-order chi connectivity index (χ1) is 8.52. The Hall–Kier alpha value is -1.86. The molecule has 1 heterocycles. The quantitative estimate of drug-likeness (QED) is 0.258. The van der Waals surface area contributed by atoms with Crippen LogP contribution in [0.1, 0.15) is 17.3 Å². The van der Waals surface area contributed by atoms with Crippen molar-refractivity contribution < 1.29 is 9.59 Å². The van der Waals surface area contributed by atoms with Crippen molar-refractivity contribution in [3.8, 4) is 0 Å². The van der Waals surface area contributed by atoms with Crippen molar-refractivity contribution in [3.05, 3.63) is 22.8 Å². The second-order valence-electron chi connectivity index (χ2n) is 3.45. The fourth-order valence-corrected chi connectivity index (χ4v) is 1.43. The van der Waals surface area contributed by atoms with E-state index in [0.717, 1.165) is 0 Å². The van der Waals surface area contributed by atoms with Crippen LogP contribution in [-0.4, -0.2) is 29.9 Å². The molecular formula is C10H14ClN5O2. The van der Waals surface area contributed by atoms with Gasteiger partial charge < -0.3 is 16.1 Å². The first kappa shape index (κ1) is 14.2. The van der Waals surface area contributed by atoms with E-state index in [4.69, 9.17) is 17.4 Å². The number of hydrogen-bond donors (Lipinski definition) is 4. The van der Waals surface area contributed by atoms with Gasteiger partial charge in [-0.05, 0) is 12.1 Å². The number of nitrogens with two attached hydrogens (primary N) is 1. The van der Waals surface area contributed by atoms with Gasteiger partial charge in [0.05, 0.1) is 0 Å². The first-order valence-corrected chi connectivity index (χ1v) is 5.57. The second-order valence-corrected chi connectivity index (χ2v) is 3.83. The van der Waals surface area contributed by atoms with E-state index in [1.54, 1.807) is 0 Å². The number of aromatic nitrogens is 1. The third-order valence-corrected chi connectivity index (χ3v) is 2.18. The Morgan fingerprint density at radius 3 is 2.61 bits per heavy atom. The molecular weight excluding hydrogens is 258 g/mol. The van der Waals surface area contributed by atoms with Gasteiger partial charge in [-0.3, -0.25) is 9.59 Å². The van der Waals surface area contributed by atoms with Gasteiger partial charge in [0.15, 0.2) is 0 Å². The third kappa shape index (κ3) is 4.56. The van der Waals surface area contributed by atoms with E-state index in [-0.39, 0.29) is 17.0 Å². The lowest BCUT2D eigenvalue weighted by Gasteiger charge is -2.07. The summed E-state index contributed by atoms with van der Waals surface area (Å²) in [5, 5.41) is 5.35. The lowest BCUT2D eigenvalue weighted by Crippen LogP contribution is -2.33. The van der Waals surface area contributed by atoms with E-state index >= 15 is 0 Å². The van der Waals surface area contributed by atoms with Crippen LogP contribution in [0.4, 0.5) is 5.82 Å². The molecule has 18 heavy (non-hydrogen) atoms. The van der Waals surface area contributed by atoms with Gasteiger partial charge in [-0.2, -0.15) is 0 Å². The van der Waals surface area contributed by atoms with E-state index in [0.29, 0.717) is 24.5 Å². The van der Waals surface area contributed by atoms with Crippen LogP contribution in [0, 0.1) is 0 Å². The summed E-state index contributed by atoms with van der Waals surface area (Å²) in [6.07, 6.45) is 0. The van der Waals surface area contributed by atoms with Crippen LogP contribution in [0.5, 0.6) is 0 Å². The van der Waals surface area contributed by atoms with E-state index in [2.05, 4.69) is 21.0 Å².